The summed E-state index contributed by atoms with van der Waals surface area (Å²) in [6.45, 7) is 1.40. The lowest BCUT2D eigenvalue weighted by atomic mass is 10.3. The van der Waals surface area contributed by atoms with Gasteiger partial charge in [-0.3, -0.25) is 9.59 Å². The molecular weight excluding hydrogens is 360 g/mol. The first kappa shape index (κ1) is 19.9. The number of carbonyl (C=O) groups is 2. The Morgan fingerprint density at radius 3 is 2.58 bits per heavy atom. The molecule has 0 radical (unpaired) electrons. The van der Waals surface area contributed by atoms with E-state index in [1.54, 1.807) is 17.7 Å². The van der Waals surface area contributed by atoms with Crippen molar-refractivity contribution in [2.24, 2.45) is 12.8 Å². The van der Waals surface area contributed by atoms with Crippen molar-refractivity contribution in [1.82, 2.24) is 13.9 Å². The number of nitrogens with zero attached hydrogens (tertiary/aromatic N) is 3. The molecule has 2 N–H and O–H groups in total. The zero-order valence-electron chi connectivity index (χ0n) is 15.1. The quantitative estimate of drug-likeness (QED) is 0.681. The van der Waals surface area contributed by atoms with Crippen LogP contribution < -0.4 is 5.73 Å². The molecular formula is C16H22N4O5S. The standard InChI is InChI=1S/C16H22N4O5S/c1-10(16(17)22)25-15(21)8-7-14-18-12-9-11(26(23,24)19(2)3)5-6-13(12)20(14)4/h5-6,9-10H,7-8H2,1-4H3,(H2,17,22). The molecule has 1 unspecified atom stereocenters. The van der Waals surface area contributed by atoms with Gasteiger partial charge in [-0.1, -0.05) is 0 Å². The second-order valence-corrected chi connectivity index (χ2v) is 8.21. The highest BCUT2D eigenvalue weighted by Gasteiger charge is 2.20. The second kappa shape index (κ2) is 7.42. The fraction of sp³-hybridized carbons (Fsp3) is 0.438. The van der Waals surface area contributed by atoms with E-state index in [9.17, 15) is 18.0 Å². The Bertz CT molecular complexity index is 949. The third-order valence-electron chi connectivity index (χ3n) is 3.99. The summed E-state index contributed by atoms with van der Waals surface area (Å²) < 4.78 is 32.3. The number of nitrogens with two attached hydrogens (primary N) is 1. The molecule has 0 fully saturated rings. The van der Waals surface area contributed by atoms with E-state index in [2.05, 4.69) is 4.98 Å². The van der Waals surface area contributed by atoms with Crippen LogP contribution in [-0.2, 0) is 37.8 Å². The number of hydrogen-bond donors (Lipinski definition) is 1. The maximum Gasteiger partial charge on any atom is 0.307 e. The van der Waals surface area contributed by atoms with Crippen LogP contribution in [0.25, 0.3) is 11.0 Å². The molecule has 2 aromatic rings. The van der Waals surface area contributed by atoms with E-state index in [1.165, 1.54) is 33.2 Å². The first-order valence-corrected chi connectivity index (χ1v) is 9.34. The van der Waals surface area contributed by atoms with Crippen molar-refractivity contribution in [1.29, 1.82) is 0 Å². The molecule has 0 aliphatic heterocycles. The maximum absolute atomic E-state index is 12.2. The fourth-order valence-electron chi connectivity index (χ4n) is 2.35. The minimum atomic E-state index is -3.55. The first-order chi connectivity index (χ1) is 12.0. The van der Waals surface area contributed by atoms with Crippen molar-refractivity contribution in [2.45, 2.75) is 30.8 Å². The molecule has 0 aliphatic rings. The van der Waals surface area contributed by atoms with Gasteiger partial charge in [-0.15, -0.1) is 0 Å². The number of benzene rings is 1. The molecule has 0 saturated heterocycles. The molecule has 1 aromatic heterocycles. The summed E-state index contributed by atoms with van der Waals surface area (Å²) in [7, 11) is 1.15. The number of carbonyl (C=O) groups excluding carboxylic acids is 2. The summed E-state index contributed by atoms with van der Waals surface area (Å²) >= 11 is 0. The second-order valence-electron chi connectivity index (χ2n) is 6.06. The Labute approximate surface area is 151 Å². The van der Waals surface area contributed by atoms with Gasteiger partial charge >= 0.3 is 5.97 Å². The number of ether oxygens (including phenoxy) is 1. The highest BCUT2D eigenvalue weighted by atomic mass is 32.2. The number of rotatable bonds is 7. The molecule has 0 spiro atoms. The minimum Gasteiger partial charge on any atom is -0.453 e. The van der Waals surface area contributed by atoms with Crippen molar-refractivity contribution in [3.8, 4) is 0 Å². The van der Waals surface area contributed by atoms with Crippen LogP contribution in [0.15, 0.2) is 23.1 Å². The van der Waals surface area contributed by atoms with Gasteiger partial charge in [0.25, 0.3) is 5.91 Å². The Morgan fingerprint density at radius 2 is 2.00 bits per heavy atom. The van der Waals surface area contributed by atoms with Crippen molar-refractivity contribution in [2.75, 3.05) is 14.1 Å². The number of aryl methyl sites for hydroxylation is 2. The monoisotopic (exact) mass is 382 g/mol. The topological polar surface area (TPSA) is 125 Å². The Hall–Kier alpha value is -2.46. The number of sulfonamides is 1. The van der Waals surface area contributed by atoms with Gasteiger partial charge in [0.2, 0.25) is 10.0 Å². The average molecular weight is 382 g/mol. The summed E-state index contributed by atoms with van der Waals surface area (Å²) in [6, 6.07) is 4.70. The van der Waals surface area contributed by atoms with Crippen molar-refractivity contribution in [3.63, 3.8) is 0 Å². The molecule has 9 nitrogen and oxygen atoms in total. The molecule has 1 aromatic carbocycles. The number of esters is 1. The van der Waals surface area contributed by atoms with Gasteiger partial charge in [0.1, 0.15) is 5.82 Å². The predicted octanol–water partition coefficient (Wildman–Crippen LogP) is 0.173. The summed E-state index contributed by atoms with van der Waals surface area (Å²) in [5.41, 5.74) is 6.32. The molecule has 1 amide bonds. The molecule has 0 saturated carbocycles. The molecule has 10 heteroatoms. The van der Waals surface area contributed by atoms with Crippen molar-refractivity contribution in [3.05, 3.63) is 24.0 Å². The Kier molecular flexibility index (Phi) is 5.67. The number of fused-ring (bicyclic) bond motifs is 1. The lowest BCUT2D eigenvalue weighted by Gasteiger charge is -2.11. The van der Waals surface area contributed by atoms with Gasteiger partial charge in [0.05, 0.1) is 22.3 Å². The van der Waals surface area contributed by atoms with E-state index in [4.69, 9.17) is 10.5 Å². The number of imidazole rings is 1. The molecule has 26 heavy (non-hydrogen) atoms. The molecule has 0 aliphatic carbocycles. The molecule has 1 atom stereocenters. The van der Waals surface area contributed by atoms with Gasteiger partial charge in [-0.25, -0.2) is 17.7 Å². The minimum absolute atomic E-state index is 0.0254. The lowest BCUT2D eigenvalue weighted by molar-refractivity contribution is -0.153. The van der Waals surface area contributed by atoms with Crippen LogP contribution in [0, 0.1) is 0 Å². The number of hydrogen-bond acceptors (Lipinski definition) is 6. The summed E-state index contributed by atoms with van der Waals surface area (Å²) in [5, 5.41) is 0. The SMILES string of the molecule is CC(OC(=O)CCc1nc2cc(S(=O)(=O)N(C)C)ccc2n1C)C(N)=O. The van der Waals surface area contributed by atoms with Gasteiger partial charge in [-0.2, -0.15) is 0 Å². The largest absolute Gasteiger partial charge is 0.453 e. The van der Waals surface area contributed by atoms with Crippen LogP contribution in [0.3, 0.4) is 0 Å². The first-order valence-electron chi connectivity index (χ1n) is 7.90. The Balaban J connectivity index is 2.21. The molecule has 0 bridgehead atoms. The number of aromatic nitrogens is 2. The molecule has 2 rings (SSSR count). The van der Waals surface area contributed by atoms with Crippen LogP contribution in [0.4, 0.5) is 0 Å². The van der Waals surface area contributed by atoms with Crippen LogP contribution in [0.5, 0.6) is 0 Å². The van der Waals surface area contributed by atoms with Crippen LogP contribution in [0.2, 0.25) is 0 Å². The van der Waals surface area contributed by atoms with E-state index in [-0.39, 0.29) is 17.7 Å². The summed E-state index contributed by atoms with van der Waals surface area (Å²) in [6.07, 6.45) is -0.676. The third-order valence-corrected chi connectivity index (χ3v) is 5.80. The van der Waals surface area contributed by atoms with Crippen LogP contribution in [0.1, 0.15) is 19.2 Å². The van der Waals surface area contributed by atoms with E-state index in [0.29, 0.717) is 11.3 Å². The van der Waals surface area contributed by atoms with E-state index >= 15 is 0 Å². The number of primary amides is 1. The average Bonchev–Trinajstić information content (AvgIpc) is 2.88. The maximum atomic E-state index is 12.2. The highest BCUT2D eigenvalue weighted by molar-refractivity contribution is 7.89. The third kappa shape index (κ3) is 4.02. The van der Waals surface area contributed by atoms with Gasteiger partial charge < -0.3 is 15.0 Å². The normalized spacial score (nSPS) is 13.1. The van der Waals surface area contributed by atoms with Crippen LogP contribution in [-0.4, -0.2) is 54.3 Å². The molecule has 142 valence electrons. The lowest BCUT2D eigenvalue weighted by Crippen LogP contribution is -2.30. The Morgan fingerprint density at radius 1 is 1.35 bits per heavy atom. The molecule has 1 heterocycles. The van der Waals surface area contributed by atoms with E-state index in [1.807, 2.05) is 0 Å². The summed E-state index contributed by atoms with van der Waals surface area (Å²) in [4.78, 5) is 27.2. The van der Waals surface area contributed by atoms with E-state index in [0.717, 1.165) is 9.82 Å². The zero-order valence-corrected chi connectivity index (χ0v) is 15.9. The zero-order chi connectivity index (χ0) is 19.6. The van der Waals surface area contributed by atoms with Crippen LogP contribution >= 0.6 is 0 Å². The van der Waals surface area contributed by atoms with E-state index < -0.39 is 28.0 Å². The summed E-state index contributed by atoms with van der Waals surface area (Å²) in [5.74, 6) is -0.668. The highest BCUT2D eigenvalue weighted by Crippen LogP contribution is 2.22. The fourth-order valence-corrected chi connectivity index (χ4v) is 3.27. The van der Waals surface area contributed by atoms with Gasteiger partial charge in [-0.05, 0) is 25.1 Å². The van der Waals surface area contributed by atoms with Gasteiger partial charge in [0.15, 0.2) is 6.10 Å². The van der Waals surface area contributed by atoms with Crippen molar-refractivity contribution >= 4 is 32.9 Å². The predicted molar refractivity (Wildman–Crippen MR) is 94.7 cm³/mol. The van der Waals surface area contributed by atoms with Crippen molar-refractivity contribution < 1.29 is 22.7 Å². The number of amides is 1. The van der Waals surface area contributed by atoms with Gasteiger partial charge in [0, 0.05) is 27.6 Å². The smallest absolute Gasteiger partial charge is 0.307 e.